The Bertz CT molecular complexity index is 242. The summed E-state index contributed by atoms with van der Waals surface area (Å²) in [6.45, 7) is 3.57. The van der Waals surface area contributed by atoms with Gasteiger partial charge in [-0.1, -0.05) is 6.92 Å². The van der Waals surface area contributed by atoms with Crippen LogP contribution in [0.4, 0.5) is 0 Å². The molecule has 0 fully saturated rings. The number of carbonyl (C=O) groups excluding carboxylic acids is 2. The minimum absolute atomic E-state index is 0.155. The van der Waals surface area contributed by atoms with Gasteiger partial charge < -0.3 is 10.1 Å². The van der Waals surface area contributed by atoms with Crippen molar-refractivity contribution in [3.05, 3.63) is 0 Å². The van der Waals surface area contributed by atoms with Crippen LogP contribution in [0, 0.1) is 12.3 Å². The fourth-order valence-electron chi connectivity index (χ4n) is 0.860. The van der Waals surface area contributed by atoms with E-state index in [9.17, 15) is 9.59 Å². The molecule has 4 nitrogen and oxygen atoms in total. The lowest BCUT2D eigenvalue weighted by molar-refractivity contribution is -0.147. The van der Waals surface area contributed by atoms with Crippen molar-refractivity contribution < 1.29 is 14.3 Å². The van der Waals surface area contributed by atoms with Crippen LogP contribution < -0.4 is 5.32 Å². The zero-order valence-corrected chi connectivity index (χ0v) is 8.50. The molecule has 14 heavy (non-hydrogen) atoms. The molecular formula is C10H15NO3. The predicted octanol–water partition coefficient (Wildman–Crippen LogP) is 0.468. The van der Waals surface area contributed by atoms with E-state index in [1.807, 2.05) is 6.92 Å². The molecule has 0 saturated carbocycles. The number of carbonyl (C=O) groups is 2. The Labute approximate surface area is 84.0 Å². The highest BCUT2D eigenvalue weighted by Crippen LogP contribution is 1.95. The minimum Gasteiger partial charge on any atom is -0.464 e. The summed E-state index contributed by atoms with van der Waals surface area (Å²) in [4.78, 5) is 22.0. The molecule has 0 heterocycles. The van der Waals surface area contributed by atoms with E-state index in [4.69, 9.17) is 11.2 Å². The van der Waals surface area contributed by atoms with Crippen molar-refractivity contribution in [2.45, 2.75) is 32.7 Å². The number of hydrogen-bond donors (Lipinski definition) is 1. The fraction of sp³-hybridized carbons (Fsp3) is 0.600. The Morgan fingerprint density at radius 3 is 2.64 bits per heavy atom. The maximum atomic E-state index is 11.3. The molecule has 1 unspecified atom stereocenters. The third kappa shape index (κ3) is 5.20. The highest BCUT2D eigenvalue weighted by Gasteiger charge is 2.19. The molecule has 4 heteroatoms. The smallest absolute Gasteiger partial charge is 0.329 e. The van der Waals surface area contributed by atoms with Gasteiger partial charge in [-0.05, 0) is 6.42 Å². The Hall–Kier alpha value is -1.50. The molecule has 0 aromatic rings. The van der Waals surface area contributed by atoms with E-state index in [1.165, 1.54) is 6.92 Å². The van der Waals surface area contributed by atoms with Gasteiger partial charge in [0, 0.05) is 13.3 Å². The number of nitrogens with one attached hydrogen (secondary N) is 1. The lowest BCUT2D eigenvalue weighted by Crippen LogP contribution is -2.40. The van der Waals surface area contributed by atoms with E-state index in [-0.39, 0.29) is 12.3 Å². The lowest BCUT2D eigenvalue weighted by atomic mass is 10.2. The first-order valence-electron chi connectivity index (χ1n) is 4.49. The van der Waals surface area contributed by atoms with Crippen LogP contribution in [0.2, 0.25) is 0 Å². The number of ether oxygens (including phenoxy) is 1. The number of amides is 1. The van der Waals surface area contributed by atoms with E-state index in [0.717, 1.165) is 6.42 Å². The second kappa shape index (κ2) is 6.96. The van der Waals surface area contributed by atoms with E-state index >= 15 is 0 Å². The second-order valence-corrected chi connectivity index (χ2v) is 2.83. The van der Waals surface area contributed by atoms with E-state index in [1.54, 1.807) is 0 Å². The van der Waals surface area contributed by atoms with Crippen LogP contribution in [-0.2, 0) is 14.3 Å². The molecule has 0 aliphatic rings. The highest BCUT2D eigenvalue weighted by atomic mass is 16.5. The van der Waals surface area contributed by atoms with E-state index in [2.05, 4.69) is 11.2 Å². The Balaban J connectivity index is 4.12. The molecule has 0 radical (unpaired) electrons. The first-order valence-corrected chi connectivity index (χ1v) is 4.49. The predicted molar refractivity (Wildman–Crippen MR) is 52.3 cm³/mol. The molecule has 0 rings (SSSR count). The van der Waals surface area contributed by atoms with Gasteiger partial charge in [-0.15, -0.1) is 12.3 Å². The summed E-state index contributed by atoms with van der Waals surface area (Å²) in [5, 5.41) is 2.43. The summed E-state index contributed by atoms with van der Waals surface area (Å²) in [6, 6.07) is -0.718. The SMILES string of the molecule is C#CCC(NC(C)=O)C(=O)OCCC. The monoisotopic (exact) mass is 197 g/mol. The Kier molecular flexibility index (Phi) is 6.21. The molecule has 0 aliphatic carbocycles. The van der Waals surface area contributed by atoms with Crippen LogP contribution in [0.15, 0.2) is 0 Å². The summed E-state index contributed by atoms with van der Waals surface area (Å²) in [7, 11) is 0. The van der Waals surface area contributed by atoms with Crippen molar-refractivity contribution in [3.8, 4) is 12.3 Å². The highest BCUT2D eigenvalue weighted by molar-refractivity contribution is 5.83. The van der Waals surface area contributed by atoms with Gasteiger partial charge in [-0.25, -0.2) is 4.79 Å². The van der Waals surface area contributed by atoms with Crippen molar-refractivity contribution in [1.29, 1.82) is 0 Å². The molecule has 0 saturated heterocycles. The first kappa shape index (κ1) is 12.5. The second-order valence-electron chi connectivity index (χ2n) is 2.83. The summed E-state index contributed by atoms with van der Waals surface area (Å²) in [5.74, 6) is 1.55. The Morgan fingerprint density at radius 1 is 1.57 bits per heavy atom. The van der Waals surface area contributed by atoms with E-state index in [0.29, 0.717) is 6.61 Å². The number of hydrogen-bond acceptors (Lipinski definition) is 3. The largest absolute Gasteiger partial charge is 0.464 e. The number of esters is 1. The third-order valence-electron chi connectivity index (χ3n) is 1.43. The fourth-order valence-corrected chi connectivity index (χ4v) is 0.860. The average Bonchev–Trinajstić information content (AvgIpc) is 2.13. The van der Waals surface area contributed by atoms with Gasteiger partial charge in [-0.2, -0.15) is 0 Å². The van der Waals surface area contributed by atoms with Gasteiger partial charge >= 0.3 is 5.97 Å². The topological polar surface area (TPSA) is 55.4 Å². The maximum absolute atomic E-state index is 11.3. The maximum Gasteiger partial charge on any atom is 0.329 e. The van der Waals surface area contributed by atoms with Crippen LogP contribution >= 0.6 is 0 Å². The van der Waals surface area contributed by atoms with Gasteiger partial charge in [0.15, 0.2) is 0 Å². The van der Waals surface area contributed by atoms with Crippen molar-refractivity contribution in [2.24, 2.45) is 0 Å². The van der Waals surface area contributed by atoms with Gasteiger partial charge in [0.25, 0.3) is 0 Å². The molecule has 0 spiro atoms. The molecule has 0 aromatic heterocycles. The molecular weight excluding hydrogens is 182 g/mol. The van der Waals surface area contributed by atoms with E-state index < -0.39 is 12.0 Å². The summed E-state index contributed by atoms with van der Waals surface area (Å²) in [6.07, 6.45) is 5.96. The molecule has 0 bridgehead atoms. The van der Waals surface area contributed by atoms with Gasteiger partial charge in [0.05, 0.1) is 6.61 Å². The Morgan fingerprint density at radius 2 is 2.21 bits per heavy atom. The summed E-state index contributed by atoms with van der Waals surface area (Å²) >= 11 is 0. The van der Waals surface area contributed by atoms with Crippen LogP contribution in [0.1, 0.15) is 26.7 Å². The van der Waals surface area contributed by atoms with Gasteiger partial charge in [-0.3, -0.25) is 4.79 Å². The van der Waals surface area contributed by atoms with Crippen molar-refractivity contribution in [1.82, 2.24) is 5.32 Å². The van der Waals surface area contributed by atoms with Gasteiger partial charge in [0.1, 0.15) is 6.04 Å². The normalized spacial score (nSPS) is 11.2. The summed E-state index contributed by atoms with van der Waals surface area (Å²) < 4.78 is 4.86. The molecule has 0 aliphatic heterocycles. The van der Waals surface area contributed by atoms with Crippen LogP contribution in [0.25, 0.3) is 0 Å². The quantitative estimate of drug-likeness (QED) is 0.515. The zero-order chi connectivity index (χ0) is 11.0. The van der Waals surface area contributed by atoms with Crippen molar-refractivity contribution >= 4 is 11.9 Å². The molecule has 1 N–H and O–H groups in total. The number of rotatable bonds is 5. The first-order chi connectivity index (χ1) is 6.61. The van der Waals surface area contributed by atoms with Crippen LogP contribution in [-0.4, -0.2) is 24.5 Å². The lowest BCUT2D eigenvalue weighted by Gasteiger charge is -2.13. The molecule has 0 aromatic carbocycles. The van der Waals surface area contributed by atoms with Crippen LogP contribution in [0.5, 0.6) is 0 Å². The number of terminal acetylenes is 1. The molecule has 78 valence electrons. The molecule has 1 amide bonds. The summed E-state index contributed by atoms with van der Waals surface area (Å²) in [5.41, 5.74) is 0. The van der Waals surface area contributed by atoms with Gasteiger partial charge in [0.2, 0.25) is 5.91 Å². The van der Waals surface area contributed by atoms with Crippen molar-refractivity contribution in [3.63, 3.8) is 0 Å². The zero-order valence-electron chi connectivity index (χ0n) is 8.50. The third-order valence-corrected chi connectivity index (χ3v) is 1.43. The standard InChI is InChI=1S/C10H15NO3/c1-4-6-9(11-8(3)12)10(13)14-7-5-2/h1,9H,5-7H2,2-3H3,(H,11,12). The average molecular weight is 197 g/mol. The minimum atomic E-state index is -0.718. The molecule has 1 atom stereocenters. The van der Waals surface area contributed by atoms with Crippen LogP contribution in [0.3, 0.4) is 0 Å². The van der Waals surface area contributed by atoms with Crippen molar-refractivity contribution in [2.75, 3.05) is 6.61 Å².